The molecule has 2 aromatic rings. The summed E-state index contributed by atoms with van der Waals surface area (Å²) in [6, 6.07) is 10.0. The SMILES string of the molecule is Cc1cc(C)cc(CN(CCCC[N+](C)(C)[O-])S(=O)(=O)c2c(C)cc(C)cc2C)c1. The van der Waals surface area contributed by atoms with Crippen LogP contribution in [0.3, 0.4) is 0 Å². The largest absolute Gasteiger partial charge is 0.633 e. The summed E-state index contributed by atoms with van der Waals surface area (Å²) in [5.41, 5.74) is 5.83. The van der Waals surface area contributed by atoms with E-state index in [4.69, 9.17) is 0 Å². The second-order valence-corrected chi connectivity index (χ2v) is 10.9. The minimum Gasteiger partial charge on any atom is -0.633 e. The van der Waals surface area contributed by atoms with Crippen molar-refractivity contribution in [3.63, 3.8) is 0 Å². The number of hydroxylamine groups is 3. The van der Waals surface area contributed by atoms with Crippen LogP contribution in [0, 0.1) is 39.8 Å². The second kappa shape index (κ2) is 9.60. The summed E-state index contributed by atoms with van der Waals surface area (Å²) in [6.45, 7) is 10.9. The minimum atomic E-state index is -3.67. The molecular weight excluding hydrogens is 396 g/mol. The molecule has 2 rings (SSSR count). The number of hydrogen-bond donors (Lipinski definition) is 0. The Balaban J connectivity index is 2.38. The molecule has 0 radical (unpaired) electrons. The molecule has 0 spiro atoms. The van der Waals surface area contributed by atoms with E-state index < -0.39 is 10.0 Å². The Morgan fingerprint density at radius 1 is 0.833 bits per heavy atom. The summed E-state index contributed by atoms with van der Waals surface area (Å²) in [7, 11) is -0.441. The van der Waals surface area contributed by atoms with E-state index in [1.807, 2.05) is 58.9 Å². The molecule has 0 amide bonds. The van der Waals surface area contributed by atoms with Crippen molar-refractivity contribution in [1.29, 1.82) is 0 Å². The maximum absolute atomic E-state index is 13.7. The van der Waals surface area contributed by atoms with Crippen LogP contribution < -0.4 is 0 Å². The Morgan fingerprint density at radius 3 is 1.83 bits per heavy atom. The molecule has 0 aliphatic rings. The monoisotopic (exact) mass is 432 g/mol. The van der Waals surface area contributed by atoms with Crippen LogP contribution >= 0.6 is 0 Å². The molecule has 0 N–H and O–H groups in total. The Morgan fingerprint density at radius 2 is 1.33 bits per heavy atom. The Bertz CT molecular complexity index is 949. The first-order chi connectivity index (χ1) is 13.8. The van der Waals surface area contributed by atoms with Gasteiger partial charge in [0.15, 0.2) is 0 Å². The third-order valence-electron chi connectivity index (χ3n) is 5.20. The molecule has 0 heterocycles. The predicted molar refractivity (Wildman–Crippen MR) is 124 cm³/mol. The van der Waals surface area contributed by atoms with Crippen LogP contribution in [0.15, 0.2) is 35.2 Å². The number of nitrogens with zero attached hydrogens (tertiary/aromatic N) is 2. The van der Waals surface area contributed by atoms with Crippen molar-refractivity contribution < 1.29 is 13.1 Å². The first kappa shape index (κ1) is 24.5. The van der Waals surface area contributed by atoms with Crippen LogP contribution in [-0.4, -0.2) is 44.6 Å². The van der Waals surface area contributed by atoms with Crippen LogP contribution in [-0.2, 0) is 16.6 Å². The van der Waals surface area contributed by atoms with E-state index in [-0.39, 0.29) is 4.65 Å². The van der Waals surface area contributed by atoms with E-state index in [1.54, 1.807) is 18.4 Å². The lowest BCUT2D eigenvalue weighted by Crippen LogP contribution is -2.35. The van der Waals surface area contributed by atoms with Gasteiger partial charge in [-0.25, -0.2) is 8.42 Å². The van der Waals surface area contributed by atoms with E-state index in [1.165, 1.54) is 0 Å². The van der Waals surface area contributed by atoms with Crippen LogP contribution in [0.2, 0.25) is 0 Å². The zero-order valence-electron chi connectivity index (χ0n) is 19.4. The zero-order valence-corrected chi connectivity index (χ0v) is 20.3. The maximum Gasteiger partial charge on any atom is 0.243 e. The standard InChI is InChI=1S/C24H36N2O3S/c1-18-12-19(2)16-23(15-18)17-25(10-8-9-11-26(6,7)27)30(28,29)24-21(4)13-20(3)14-22(24)5/h12-16H,8-11,17H2,1-7H3. The zero-order chi connectivity index (χ0) is 22.7. The molecule has 5 nitrogen and oxygen atoms in total. The van der Waals surface area contributed by atoms with Gasteiger partial charge in [-0.3, -0.25) is 0 Å². The van der Waals surface area contributed by atoms with E-state index in [0.29, 0.717) is 37.4 Å². The lowest BCUT2D eigenvalue weighted by atomic mass is 10.1. The Hall–Kier alpha value is -1.73. The van der Waals surface area contributed by atoms with E-state index >= 15 is 0 Å². The van der Waals surface area contributed by atoms with E-state index in [0.717, 1.165) is 33.4 Å². The minimum absolute atomic E-state index is 0.327. The fourth-order valence-corrected chi connectivity index (χ4v) is 6.01. The van der Waals surface area contributed by atoms with Gasteiger partial charge in [-0.05, 0) is 64.2 Å². The average molecular weight is 433 g/mol. The van der Waals surface area contributed by atoms with Crippen LogP contribution in [0.1, 0.15) is 46.2 Å². The summed E-state index contributed by atoms with van der Waals surface area (Å²) in [5, 5.41) is 11.9. The third-order valence-corrected chi connectivity index (χ3v) is 7.35. The van der Waals surface area contributed by atoms with E-state index in [2.05, 4.69) is 6.07 Å². The van der Waals surface area contributed by atoms with Crippen LogP contribution in [0.4, 0.5) is 0 Å². The molecule has 0 fully saturated rings. The molecule has 30 heavy (non-hydrogen) atoms. The van der Waals surface area contributed by atoms with Crippen molar-refractivity contribution in [3.05, 3.63) is 68.9 Å². The maximum atomic E-state index is 13.7. The summed E-state index contributed by atoms with van der Waals surface area (Å²) in [4.78, 5) is 0.400. The molecule has 2 aromatic carbocycles. The molecule has 0 aliphatic heterocycles. The highest BCUT2D eigenvalue weighted by atomic mass is 32.2. The molecule has 0 aromatic heterocycles. The summed E-state index contributed by atoms with van der Waals surface area (Å²) in [5.74, 6) is 0. The highest BCUT2D eigenvalue weighted by molar-refractivity contribution is 7.89. The molecular formula is C24H36N2O3S. The first-order valence-corrected chi connectivity index (χ1v) is 11.9. The third kappa shape index (κ3) is 6.64. The predicted octanol–water partition coefficient (Wildman–Crippen LogP) is 4.77. The van der Waals surface area contributed by atoms with Crippen molar-refractivity contribution in [3.8, 4) is 0 Å². The first-order valence-electron chi connectivity index (χ1n) is 10.5. The van der Waals surface area contributed by atoms with Gasteiger partial charge in [-0.1, -0.05) is 47.0 Å². The molecule has 0 aliphatic carbocycles. The van der Waals surface area contributed by atoms with Gasteiger partial charge < -0.3 is 9.85 Å². The van der Waals surface area contributed by atoms with Gasteiger partial charge in [-0.15, -0.1) is 0 Å². The van der Waals surface area contributed by atoms with Gasteiger partial charge in [0.25, 0.3) is 0 Å². The van der Waals surface area contributed by atoms with Gasteiger partial charge in [0, 0.05) is 13.1 Å². The van der Waals surface area contributed by atoms with Crippen molar-refractivity contribution in [1.82, 2.24) is 4.31 Å². The molecule has 0 saturated carbocycles. The number of aryl methyl sites for hydroxylation is 5. The normalized spacial score (nSPS) is 12.6. The smallest absolute Gasteiger partial charge is 0.243 e. The van der Waals surface area contributed by atoms with Crippen molar-refractivity contribution in [2.75, 3.05) is 27.2 Å². The highest BCUT2D eigenvalue weighted by Gasteiger charge is 2.28. The summed E-state index contributed by atoms with van der Waals surface area (Å²) < 4.78 is 28.6. The lowest BCUT2D eigenvalue weighted by molar-refractivity contribution is -0.840. The number of hydrogen-bond acceptors (Lipinski definition) is 3. The Kier molecular flexibility index (Phi) is 7.85. The number of unbranched alkanes of at least 4 members (excludes halogenated alkanes) is 1. The average Bonchev–Trinajstić information content (AvgIpc) is 2.54. The van der Waals surface area contributed by atoms with Gasteiger partial charge in [0.2, 0.25) is 10.0 Å². The molecule has 166 valence electrons. The second-order valence-electron chi connectivity index (χ2n) is 9.07. The Labute approximate surface area is 182 Å². The topological polar surface area (TPSA) is 60.4 Å². The van der Waals surface area contributed by atoms with Gasteiger partial charge >= 0.3 is 0 Å². The number of benzene rings is 2. The summed E-state index contributed by atoms with van der Waals surface area (Å²) >= 11 is 0. The van der Waals surface area contributed by atoms with Gasteiger partial charge in [0.1, 0.15) is 0 Å². The fourth-order valence-electron chi connectivity index (χ4n) is 4.13. The number of quaternary nitrogens is 1. The quantitative estimate of drug-likeness (QED) is 0.326. The van der Waals surface area contributed by atoms with Gasteiger partial charge in [0.05, 0.1) is 25.5 Å². The van der Waals surface area contributed by atoms with Crippen molar-refractivity contribution in [2.45, 2.75) is 58.9 Å². The lowest BCUT2D eigenvalue weighted by Gasteiger charge is -2.34. The fraction of sp³-hybridized carbons (Fsp3) is 0.500. The molecule has 6 heteroatoms. The van der Waals surface area contributed by atoms with E-state index in [9.17, 15) is 13.6 Å². The highest BCUT2D eigenvalue weighted by Crippen LogP contribution is 2.27. The summed E-state index contributed by atoms with van der Waals surface area (Å²) in [6.07, 6.45) is 1.33. The molecule has 0 saturated heterocycles. The van der Waals surface area contributed by atoms with Crippen LogP contribution in [0.25, 0.3) is 0 Å². The molecule has 0 atom stereocenters. The molecule has 0 bridgehead atoms. The van der Waals surface area contributed by atoms with Crippen molar-refractivity contribution in [2.24, 2.45) is 0 Å². The van der Waals surface area contributed by atoms with Gasteiger partial charge in [-0.2, -0.15) is 4.31 Å². The molecule has 0 unspecified atom stereocenters. The number of sulfonamides is 1. The van der Waals surface area contributed by atoms with Crippen molar-refractivity contribution >= 4 is 10.0 Å². The number of rotatable bonds is 9. The van der Waals surface area contributed by atoms with Crippen LogP contribution in [0.5, 0.6) is 0 Å².